The van der Waals surface area contributed by atoms with Gasteiger partial charge < -0.3 is 15.7 Å². The molecule has 1 atom stereocenters. The number of nitrogens with zero attached hydrogens (tertiary/aromatic N) is 1. The van der Waals surface area contributed by atoms with Crippen LogP contribution < -0.4 is 10.6 Å². The lowest BCUT2D eigenvalue weighted by molar-refractivity contribution is -0.119. The number of rotatable bonds is 4. The highest BCUT2D eigenvalue weighted by molar-refractivity contribution is 5.88. The van der Waals surface area contributed by atoms with Gasteiger partial charge in [0.25, 0.3) is 0 Å². The van der Waals surface area contributed by atoms with Gasteiger partial charge in [0.1, 0.15) is 5.56 Å². The van der Waals surface area contributed by atoms with E-state index in [2.05, 4.69) is 15.6 Å². The highest BCUT2D eigenvalue weighted by atomic mass is 19.1. The Hall–Kier alpha value is -2.18. The van der Waals surface area contributed by atoms with Gasteiger partial charge in [-0.15, -0.1) is 0 Å². The number of amides is 1. The van der Waals surface area contributed by atoms with E-state index in [0.29, 0.717) is 19.4 Å². The Morgan fingerprint density at radius 3 is 3.06 bits per heavy atom. The third-order valence-corrected chi connectivity index (χ3v) is 2.72. The van der Waals surface area contributed by atoms with E-state index in [4.69, 9.17) is 5.11 Å². The van der Waals surface area contributed by atoms with Crippen molar-refractivity contribution in [3.05, 3.63) is 23.6 Å². The fourth-order valence-corrected chi connectivity index (χ4v) is 1.78. The van der Waals surface area contributed by atoms with Crippen molar-refractivity contribution in [3.63, 3.8) is 0 Å². The molecule has 1 amide bonds. The summed E-state index contributed by atoms with van der Waals surface area (Å²) in [5.74, 6) is -2.38. The number of aromatic nitrogens is 1. The van der Waals surface area contributed by atoms with E-state index in [0.717, 1.165) is 6.07 Å². The van der Waals surface area contributed by atoms with Gasteiger partial charge in [-0.2, -0.15) is 0 Å². The Bertz CT molecular complexity index is 492. The SMILES string of the molecule is O=C1CCC(CNc2nccc(C(=O)O)c2F)N1. The lowest BCUT2D eigenvalue weighted by Crippen LogP contribution is -2.32. The summed E-state index contributed by atoms with van der Waals surface area (Å²) in [4.78, 5) is 25.4. The maximum atomic E-state index is 13.7. The van der Waals surface area contributed by atoms with Gasteiger partial charge in [-0.1, -0.05) is 0 Å². The number of anilines is 1. The van der Waals surface area contributed by atoms with Crippen molar-refractivity contribution in [2.24, 2.45) is 0 Å². The molecule has 1 aliphatic heterocycles. The highest BCUT2D eigenvalue weighted by Gasteiger charge is 2.21. The van der Waals surface area contributed by atoms with E-state index < -0.39 is 17.3 Å². The highest BCUT2D eigenvalue weighted by Crippen LogP contribution is 2.16. The first-order chi connectivity index (χ1) is 8.58. The Balaban J connectivity index is 2.03. The first-order valence-electron chi connectivity index (χ1n) is 5.49. The molecule has 2 rings (SSSR count). The van der Waals surface area contributed by atoms with Gasteiger partial charge in [-0.25, -0.2) is 14.2 Å². The van der Waals surface area contributed by atoms with Crippen LogP contribution in [-0.4, -0.2) is 34.6 Å². The summed E-state index contributed by atoms with van der Waals surface area (Å²) in [5.41, 5.74) is -0.428. The molecule has 6 nitrogen and oxygen atoms in total. The number of halogens is 1. The van der Waals surface area contributed by atoms with Crippen LogP contribution in [0.2, 0.25) is 0 Å². The van der Waals surface area contributed by atoms with Gasteiger partial charge >= 0.3 is 5.97 Å². The molecule has 1 aromatic heterocycles. The summed E-state index contributed by atoms with van der Waals surface area (Å²) < 4.78 is 13.7. The van der Waals surface area contributed by atoms with Crippen LogP contribution in [0.1, 0.15) is 23.2 Å². The molecule has 2 heterocycles. The Labute approximate surface area is 102 Å². The largest absolute Gasteiger partial charge is 0.478 e. The molecule has 0 radical (unpaired) electrons. The molecule has 18 heavy (non-hydrogen) atoms. The number of carbonyl (C=O) groups excluding carboxylic acids is 1. The number of pyridine rings is 1. The summed E-state index contributed by atoms with van der Waals surface area (Å²) in [6, 6.07) is 1.02. The van der Waals surface area contributed by atoms with E-state index >= 15 is 0 Å². The zero-order valence-electron chi connectivity index (χ0n) is 9.44. The van der Waals surface area contributed by atoms with Crippen molar-refractivity contribution in [1.82, 2.24) is 10.3 Å². The second-order valence-electron chi connectivity index (χ2n) is 4.01. The second kappa shape index (κ2) is 4.99. The van der Waals surface area contributed by atoms with Gasteiger partial charge in [-0.3, -0.25) is 4.79 Å². The van der Waals surface area contributed by atoms with Crippen molar-refractivity contribution in [3.8, 4) is 0 Å². The van der Waals surface area contributed by atoms with E-state index in [9.17, 15) is 14.0 Å². The lowest BCUT2D eigenvalue weighted by Gasteiger charge is -2.12. The maximum Gasteiger partial charge on any atom is 0.338 e. The summed E-state index contributed by atoms with van der Waals surface area (Å²) in [5, 5.41) is 14.2. The molecule has 1 aromatic rings. The molecule has 96 valence electrons. The smallest absolute Gasteiger partial charge is 0.338 e. The number of hydrogen-bond acceptors (Lipinski definition) is 4. The van der Waals surface area contributed by atoms with Crippen LogP contribution in [0.5, 0.6) is 0 Å². The number of hydrogen-bond donors (Lipinski definition) is 3. The van der Waals surface area contributed by atoms with Gasteiger partial charge in [-0.05, 0) is 12.5 Å². The van der Waals surface area contributed by atoms with Crippen LogP contribution in [0.4, 0.5) is 10.2 Å². The minimum atomic E-state index is -1.34. The molecule has 0 saturated carbocycles. The predicted octanol–water partition coefficient (Wildman–Crippen LogP) is 0.609. The van der Waals surface area contributed by atoms with Crippen molar-refractivity contribution in [2.45, 2.75) is 18.9 Å². The van der Waals surface area contributed by atoms with Crippen molar-refractivity contribution in [1.29, 1.82) is 0 Å². The van der Waals surface area contributed by atoms with Gasteiger partial charge in [0.05, 0.1) is 0 Å². The van der Waals surface area contributed by atoms with Crippen LogP contribution in [0, 0.1) is 5.82 Å². The summed E-state index contributed by atoms with van der Waals surface area (Å²) in [6.45, 7) is 0.318. The van der Waals surface area contributed by atoms with Crippen LogP contribution in [0.15, 0.2) is 12.3 Å². The fourth-order valence-electron chi connectivity index (χ4n) is 1.78. The Morgan fingerprint density at radius 2 is 2.44 bits per heavy atom. The average molecular weight is 253 g/mol. The van der Waals surface area contributed by atoms with Gasteiger partial charge in [0, 0.05) is 25.2 Å². The van der Waals surface area contributed by atoms with Crippen molar-refractivity contribution < 1.29 is 19.1 Å². The predicted molar refractivity (Wildman–Crippen MR) is 60.8 cm³/mol. The molecule has 1 saturated heterocycles. The minimum absolute atomic E-state index is 0.0329. The maximum absolute atomic E-state index is 13.7. The Morgan fingerprint density at radius 1 is 1.67 bits per heavy atom. The molecule has 0 aliphatic carbocycles. The molecular weight excluding hydrogens is 241 g/mol. The minimum Gasteiger partial charge on any atom is -0.478 e. The molecule has 0 spiro atoms. The molecule has 0 bridgehead atoms. The second-order valence-corrected chi connectivity index (χ2v) is 4.01. The average Bonchev–Trinajstić information content (AvgIpc) is 2.73. The first-order valence-corrected chi connectivity index (χ1v) is 5.49. The quantitative estimate of drug-likeness (QED) is 0.731. The zero-order chi connectivity index (χ0) is 13.1. The number of carboxylic acid groups (broad SMARTS) is 1. The van der Waals surface area contributed by atoms with Crippen LogP contribution in [0.25, 0.3) is 0 Å². The van der Waals surface area contributed by atoms with Crippen LogP contribution >= 0.6 is 0 Å². The third-order valence-electron chi connectivity index (χ3n) is 2.72. The van der Waals surface area contributed by atoms with E-state index in [1.54, 1.807) is 0 Å². The number of carboxylic acids is 1. The van der Waals surface area contributed by atoms with Crippen molar-refractivity contribution in [2.75, 3.05) is 11.9 Å². The van der Waals surface area contributed by atoms with Crippen LogP contribution in [-0.2, 0) is 4.79 Å². The van der Waals surface area contributed by atoms with E-state index in [1.807, 2.05) is 0 Å². The topological polar surface area (TPSA) is 91.3 Å². The number of aromatic carboxylic acids is 1. The molecular formula is C11H12FN3O3. The summed E-state index contributed by atoms with van der Waals surface area (Å²) >= 11 is 0. The Kier molecular flexibility index (Phi) is 3.40. The summed E-state index contributed by atoms with van der Waals surface area (Å²) in [7, 11) is 0. The molecule has 1 aliphatic rings. The fraction of sp³-hybridized carbons (Fsp3) is 0.364. The molecule has 1 fully saturated rings. The molecule has 1 unspecified atom stereocenters. The van der Waals surface area contributed by atoms with E-state index in [-0.39, 0.29) is 17.8 Å². The van der Waals surface area contributed by atoms with Crippen molar-refractivity contribution >= 4 is 17.7 Å². The zero-order valence-corrected chi connectivity index (χ0v) is 9.44. The van der Waals surface area contributed by atoms with Gasteiger partial charge in [0.2, 0.25) is 5.91 Å². The van der Waals surface area contributed by atoms with E-state index in [1.165, 1.54) is 6.20 Å². The molecule has 7 heteroatoms. The molecule has 0 aromatic carbocycles. The number of carbonyl (C=O) groups is 2. The van der Waals surface area contributed by atoms with Gasteiger partial charge in [0.15, 0.2) is 11.6 Å². The standard InChI is InChI=1S/C11H12FN3O3/c12-9-7(11(17)18)3-4-13-10(9)14-5-6-1-2-8(16)15-6/h3-4,6H,1-2,5H2,(H,13,14)(H,15,16)(H,17,18). The number of nitrogens with one attached hydrogen (secondary N) is 2. The molecule has 3 N–H and O–H groups in total. The third kappa shape index (κ3) is 2.55. The summed E-state index contributed by atoms with van der Waals surface area (Å²) in [6.07, 6.45) is 2.35. The monoisotopic (exact) mass is 253 g/mol. The van der Waals surface area contributed by atoms with Crippen LogP contribution in [0.3, 0.4) is 0 Å². The normalized spacial score (nSPS) is 18.5. The lowest BCUT2D eigenvalue weighted by atomic mass is 10.2. The first kappa shape index (κ1) is 12.3.